The van der Waals surface area contributed by atoms with E-state index in [0.717, 1.165) is 0 Å². The highest BCUT2D eigenvalue weighted by Gasteiger charge is 2.25. The van der Waals surface area contributed by atoms with Crippen LogP contribution in [0.4, 0.5) is 0 Å². The van der Waals surface area contributed by atoms with Gasteiger partial charge in [-0.05, 0) is 45.1 Å². The van der Waals surface area contributed by atoms with Crippen LogP contribution in [-0.2, 0) is 14.3 Å². The van der Waals surface area contributed by atoms with E-state index in [4.69, 9.17) is 4.74 Å². The lowest BCUT2D eigenvalue weighted by molar-refractivity contribution is -0.137. The third-order valence-corrected chi connectivity index (χ3v) is 1.90. The summed E-state index contributed by atoms with van der Waals surface area (Å²) in [5.74, 6) is -0.0315. The number of hydrogen-bond acceptors (Lipinski definition) is 3. The molecule has 1 aliphatic carbocycles. The van der Waals surface area contributed by atoms with Crippen molar-refractivity contribution in [2.75, 3.05) is 6.61 Å². The number of carbonyl (C=O) groups excluding carboxylic acids is 2. The number of ketones is 1. The molecular weight excluding hydrogens is 192 g/mol. The van der Waals surface area contributed by atoms with Gasteiger partial charge in [0.25, 0.3) is 0 Å². The lowest BCUT2D eigenvalue weighted by Gasteiger charge is -2.06. The Kier molecular flexibility index (Phi) is 4.53. The van der Waals surface area contributed by atoms with Crippen molar-refractivity contribution in [3.8, 4) is 0 Å². The molecule has 0 unspecified atom stereocenters. The van der Waals surface area contributed by atoms with Crippen LogP contribution < -0.4 is 0 Å². The Bertz CT molecular complexity index is 273. The lowest BCUT2D eigenvalue weighted by Crippen LogP contribution is -2.12. The number of ether oxygens (including phenoxy) is 1. The Morgan fingerprint density at radius 1 is 1.33 bits per heavy atom. The molecule has 0 heterocycles. The Morgan fingerprint density at radius 2 is 1.93 bits per heavy atom. The van der Waals surface area contributed by atoms with E-state index in [-0.39, 0.29) is 5.78 Å². The topological polar surface area (TPSA) is 43.4 Å². The molecule has 0 N–H and O–H groups in total. The van der Waals surface area contributed by atoms with Crippen molar-refractivity contribution in [1.82, 2.24) is 0 Å². The normalized spacial score (nSPS) is 17.9. The minimum Gasteiger partial charge on any atom is -0.463 e. The largest absolute Gasteiger partial charge is 0.463 e. The number of hydrogen-bond donors (Lipinski definition) is 0. The van der Waals surface area contributed by atoms with Crippen LogP contribution in [0.1, 0.15) is 13.8 Å². The molecule has 5 radical (unpaired) electrons. The summed E-state index contributed by atoms with van der Waals surface area (Å²) in [5.41, 5.74) is 0.389. The fraction of sp³-hybridized carbons (Fsp3) is 0.250. The standard InChI is InChI=1S/C12H13O3/c1-3-15-11(13)8-9(2)12(14)10-6-4-5-7-10/h4-8H,3H2,1-2H3/b9-8+. The van der Waals surface area contributed by atoms with E-state index in [1.54, 1.807) is 39.5 Å². The predicted molar refractivity (Wildman–Crippen MR) is 55.8 cm³/mol. The molecule has 0 aliphatic heterocycles. The van der Waals surface area contributed by atoms with Crippen molar-refractivity contribution in [1.29, 1.82) is 0 Å². The van der Waals surface area contributed by atoms with Gasteiger partial charge in [0.15, 0.2) is 5.78 Å². The molecule has 0 bridgehead atoms. The molecule has 0 aromatic carbocycles. The molecule has 79 valence electrons. The average Bonchev–Trinajstić information content (AvgIpc) is 2.69. The van der Waals surface area contributed by atoms with Gasteiger partial charge in [0.1, 0.15) is 0 Å². The fourth-order valence-electron chi connectivity index (χ4n) is 1.18. The van der Waals surface area contributed by atoms with Crippen LogP contribution in [0.25, 0.3) is 0 Å². The number of esters is 1. The number of carbonyl (C=O) groups is 2. The van der Waals surface area contributed by atoms with Crippen molar-refractivity contribution < 1.29 is 14.3 Å². The molecule has 3 nitrogen and oxygen atoms in total. The minimum atomic E-state index is -0.477. The van der Waals surface area contributed by atoms with Crippen molar-refractivity contribution in [2.45, 2.75) is 13.8 Å². The number of allylic oxidation sites excluding steroid dienone is 1. The predicted octanol–water partition coefficient (Wildman–Crippen LogP) is 1.47. The lowest BCUT2D eigenvalue weighted by atomic mass is 9.97. The molecule has 1 rings (SSSR count). The van der Waals surface area contributed by atoms with Crippen LogP contribution in [0.5, 0.6) is 0 Å². The van der Waals surface area contributed by atoms with E-state index in [1.165, 1.54) is 6.08 Å². The summed E-state index contributed by atoms with van der Waals surface area (Å²) in [6.45, 7) is 3.64. The Balaban J connectivity index is 2.54. The third-order valence-electron chi connectivity index (χ3n) is 1.90. The van der Waals surface area contributed by atoms with Gasteiger partial charge in [0.05, 0.1) is 12.5 Å². The Morgan fingerprint density at radius 3 is 2.47 bits per heavy atom. The van der Waals surface area contributed by atoms with Gasteiger partial charge < -0.3 is 4.74 Å². The minimum absolute atomic E-state index is 0.145. The highest BCUT2D eigenvalue weighted by molar-refractivity contribution is 6.11. The van der Waals surface area contributed by atoms with Gasteiger partial charge in [-0.2, -0.15) is 0 Å². The van der Waals surface area contributed by atoms with Crippen molar-refractivity contribution in [3.05, 3.63) is 43.3 Å². The summed E-state index contributed by atoms with van der Waals surface area (Å²) in [5, 5.41) is 0. The zero-order chi connectivity index (χ0) is 11.3. The quantitative estimate of drug-likeness (QED) is 0.515. The number of rotatable bonds is 4. The molecular formula is C12H13O3. The molecule has 3 heteroatoms. The zero-order valence-electron chi connectivity index (χ0n) is 8.82. The third kappa shape index (κ3) is 3.50. The van der Waals surface area contributed by atoms with E-state index in [2.05, 4.69) is 0 Å². The maximum Gasteiger partial charge on any atom is 0.331 e. The summed E-state index contributed by atoms with van der Waals surface area (Å²) in [4.78, 5) is 22.7. The zero-order valence-corrected chi connectivity index (χ0v) is 8.82. The highest BCUT2D eigenvalue weighted by atomic mass is 16.5. The first-order valence-corrected chi connectivity index (χ1v) is 4.76. The van der Waals surface area contributed by atoms with Crippen molar-refractivity contribution >= 4 is 11.8 Å². The SMILES string of the molecule is CCOC(=O)/C=C(\C)C(=O)[C]1[CH][CH][CH][CH]1. The highest BCUT2D eigenvalue weighted by Crippen LogP contribution is 2.26. The summed E-state index contributed by atoms with van der Waals surface area (Å²) in [6.07, 6.45) is 8.21. The maximum absolute atomic E-state index is 11.7. The van der Waals surface area contributed by atoms with Gasteiger partial charge in [-0.1, -0.05) is 0 Å². The van der Waals surface area contributed by atoms with Gasteiger partial charge in [-0.15, -0.1) is 0 Å². The maximum atomic E-state index is 11.7. The van der Waals surface area contributed by atoms with E-state index >= 15 is 0 Å². The molecule has 1 saturated carbocycles. The van der Waals surface area contributed by atoms with Crippen LogP contribution in [-0.4, -0.2) is 18.4 Å². The molecule has 0 spiro atoms. The summed E-state index contributed by atoms with van der Waals surface area (Å²) in [7, 11) is 0. The monoisotopic (exact) mass is 205 g/mol. The summed E-state index contributed by atoms with van der Waals surface area (Å²) < 4.78 is 4.71. The molecule has 0 amide bonds. The molecule has 0 aromatic rings. The van der Waals surface area contributed by atoms with Gasteiger partial charge in [-0.25, -0.2) is 4.79 Å². The van der Waals surface area contributed by atoms with Gasteiger partial charge in [0, 0.05) is 6.08 Å². The first-order chi connectivity index (χ1) is 7.15. The molecule has 0 aromatic heterocycles. The molecule has 1 fully saturated rings. The molecule has 15 heavy (non-hydrogen) atoms. The second-order valence-corrected chi connectivity index (χ2v) is 3.08. The summed E-state index contributed by atoms with van der Waals surface area (Å²) >= 11 is 0. The molecule has 1 aliphatic rings. The van der Waals surface area contributed by atoms with Crippen LogP contribution in [0.15, 0.2) is 11.6 Å². The molecule has 0 saturated heterocycles. The van der Waals surface area contributed by atoms with Gasteiger partial charge in [-0.3, -0.25) is 4.79 Å². The van der Waals surface area contributed by atoms with E-state index in [1.807, 2.05) is 0 Å². The van der Waals surface area contributed by atoms with Gasteiger partial charge in [0.2, 0.25) is 0 Å². The van der Waals surface area contributed by atoms with Crippen LogP contribution in [0.3, 0.4) is 0 Å². The van der Waals surface area contributed by atoms with Crippen LogP contribution in [0.2, 0.25) is 0 Å². The van der Waals surface area contributed by atoms with Gasteiger partial charge >= 0.3 is 5.97 Å². The summed E-state index contributed by atoms with van der Waals surface area (Å²) in [6, 6.07) is 0. The average molecular weight is 205 g/mol. The smallest absolute Gasteiger partial charge is 0.331 e. The van der Waals surface area contributed by atoms with Crippen molar-refractivity contribution in [3.63, 3.8) is 0 Å². The van der Waals surface area contributed by atoms with E-state index in [0.29, 0.717) is 18.1 Å². The Labute approximate surface area is 90.5 Å². The number of Topliss-reactive ketones (excluding diaryl/α,β-unsaturated/α-hetero) is 1. The fourth-order valence-corrected chi connectivity index (χ4v) is 1.18. The molecule has 0 atom stereocenters. The first-order valence-electron chi connectivity index (χ1n) is 4.76. The van der Waals surface area contributed by atoms with Crippen LogP contribution in [0, 0.1) is 31.6 Å². The second-order valence-electron chi connectivity index (χ2n) is 3.08. The van der Waals surface area contributed by atoms with Crippen LogP contribution >= 0.6 is 0 Å². The van der Waals surface area contributed by atoms with Crippen molar-refractivity contribution in [2.24, 2.45) is 0 Å². The first kappa shape index (κ1) is 12.0. The van der Waals surface area contributed by atoms with E-state index < -0.39 is 5.97 Å². The van der Waals surface area contributed by atoms with E-state index in [9.17, 15) is 9.59 Å². The Hall–Kier alpha value is -1.12. The second kappa shape index (κ2) is 5.69.